The number of esters is 1. The van der Waals surface area contributed by atoms with E-state index in [2.05, 4.69) is 30.9 Å². The Morgan fingerprint density at radius 3 is 1.53 bits per heavy atom. The third-order valence-electron chi connectivity index (χ3n) is 10.1. The molecule has 0 bridgehead atoms. The Balaban J connectivity index is 4.08. The number of nitrogens with zero attached hydrogens (tertiary/aromatic N) is 1. The molecule has 0 rings (SSSR count). The molecule has 0 amide bonds. The van der Waals surface area contributed by atoms with E-state index in [1.165, 1.54) is 148 Å². The zero-order chi connectivity index (χ0) is 38.9. The van der Waals surface area contributed by atoms with E-state index in [-0.39, 0.29) is 18.2 Å². The van der Waals surface area contributed by atoms with Crippen molar-refractivity contribution in [2.75, 3.05) is 40.5 Å². The second-order valence-electron chi connectivity index (χ2n) is 15.9. The van der Waals surface area contributed by atoms with Gasteiger partial charge in [-0.1, -0.05) is 167 Å². The summed E-state index contributed by atoms with van der Waals surface area (Å²) in [5.41, 5.74) is 0. The maximum Gasteiger partial charge on any atom is 0.508 e. The number of allylic oxidation sites excluding steroid dienone is 1. The van der Waals surface area contributed by atoms with Gasteiger partial charge in [0.15, 0.2) is 0 Å². The number of unbranched alkanes of at least 4 members (excludes halogenated alkanes) is 24. The van der Waals surface area contributed by atoms with Gasteiger partial charge in [-0.2, -0.15) is 0 Å². The Bertz CT molecular complexity index is 803. The van der Waals surface area contributed by atoms with Crippen LogP contribution in [0.25, 0.3) is 0 Å². The smallest absolute Gasteiger partial charge is 0.462 e. The zero-order valence-corrected chi connectivity index (χ0v) is 36.0. The van der Waals surface area contributed by atoms with Crippen molar-refractivity contribution in [1.29, 1.82) is 0 Å². The van der Waals surface area contributed by atoms with Gasteiger partial charge < -0.3 is 23.8 Å². The average molecular weight is 752 g/mol. The van der Waals surface area contributed by atoms with Crippen LogP contribution >= 0.6 is 0 Å². The van der Waals surface area contributed by atoms with Crippen LogP contribution in [0.15, 0.2) is 12.2 Å². The summed E-state index contributed by atoms with van der Waals surface area (Å²) in [6.07, 6.45) is 41.7. The van der Waals surface area contributed by atoms with Crippen molar-refractivity contribution in [3.8, 4) is 0 Å². The van der Waals surface area contributed by atoms with E-state index in [9.17, 15) is 9.59 Å². The van der Waals surface area contributed by atoms with Gasteiger partial charge in [0.05, 0.1) is 13.2 Å². The van der Waals surface area contributed by atoms with Crippen molar-refractivity contribution in [3.05, 3.63) is 12.2 Å². The van der Waals surface area contributed by atoms with Gasteiger partial charge in [-0.3, -0.25) is 4.79 Å². The van der Waals surface area contributed by atoms with Crippen molar-refractivity contribution in [2.24, 2.45) is 0 Å². The van der Waals surface area contributed by atoms with Gasteiger partial charge in [0.1, 0.15) is 12.2 Å². The fraction of sp³-hybridized carbons (Fsp3) is 0.913. The molecule has 0 aliphatic heterocycles. The number of hydrogen-bond acceptors (Lipinski definition) is 7. The van der Waals surface area contributed by atoms with Crippen molar-refractivity contribution < 1.29 is 28.5 Å². The molecule has 0 N–H and O–H groups in total. The SMILES string of the molecule is CCCCCCCCCCCCCCCCCCC(COCCCCCCCCC=CCC(CCCCCC)OC(C)=O)OC(=O)OCCCN(C)C. The second-order valence-corrected chi connectivity index (χ2v) is 15.9. The topological polar surface area (TPSA) is 74.3 Å². The number of carbonyl (C=O) groups is 2. The molecule has 0 aromatic carbocycles. The van der Waals surface area contributed by atoms with Crippen molar-refractivity contribution in [2.45, 2.75) is 232 Å². The van der Waals surface area contributed by atoms with Crippen LogP contribution in [0.4, 0.5) is 4.79 Å². The minimum atomic E-state index is -0.560. The lowest BCUT2D eigenvalue weighted by molar-refractivity contribution is -0.146. The van der Waals surface area contributed by atoms with Crippen LogP contribution in [0.2, 0.25) is 0 Å². The number of hydrogen-bond donors (Lipinski definition) is 0. The number of rotatable bonds is 41. The predicted octanol–water partition coefficient (Wildman–Crippen LogP) is 13.7. The first kappa shape index (κ1) is 51.4. The molecule has 53 heavy (non-hydrogen) atoms. The highest BCUT2D eigenvalue weighted by molar-refractivity contribution is 5.66. The Morgan fingerprint density at radius 2 is 1.00 bits per heavy atom. The molecule has 7 nitrogen and oxygen atoms in total. The van der Waals surface area contributed by atoms with Crippen LogP contribution in [0.5, 0.6) is 0 Å². The summed E-state index contributed by atoms with van der Waals surface area (Å²) in [6, 6.07) is 0. The standard InChI is InChI=1S/C46H89NO6/c1-6-8-10-12-13-14-15-16-17-18-19-20-22-26-29-33-38-45(53-46(49)51-41-35-39-47(4)5)42-50-40-34-30-27-24-21-23-25-28-32-37-44(52-43(3)48)36-31-11-9-7-2/h28,32,44-45H,6-27,29-31,33-42H2,1-5H3. The van der Waals surface area contributed by atoms with Gasteiger partial charge in [-0.05, 0) is 65.5 Å². The fourth-order valence-electron chi connectivity index (χ4n) is 6.82. The van der Waals surface area contributed by atoms with Crippen LogP contribution in [-0.4, -0.2) is 69.7 Å². The summed E-state index contributed by atoms with van der Waals surface area (Å²) in [5.74, 6) is -0.172. The van der Waals surface area contributed by atoms with Crippen LogP contribution in [0.1, 0.15) is 220 Å². The van der Waals surface area contributed by atoms with Crippen LogP contribution < -0.4 is 0 Å². The number of carbonyl (C=O) groups excluding carboxylic acids is 2. The second kappa shape index (κ2) is 41.6. The monoisotopic (exact) mass is 752 g/mol. The zero-order valence-electron chi connectivity index (χ0n) is 36.0. The summed E-state index contributed by atoms with van der Waals surface area (Å²) in [4.78, 5) is 25.9. The molecule has 0 saturated carbocycles. The summed E-state index contributed by atoms with van der Waals surface area (Å²) in [6.45, 7) is 8.44. The van der Waals surface area contributed by atoms with E-state index in [1.54, 1.807) is 0 Å². The molecule has 2 atom stereocenters. The van der Waals surface area contributed by atoms with E-state index in [0.29, 0.717) is 19.8 Å². The molecule has 0 spiro atoms. The lowest BCUT2D eigenvalue weighted by Gasteiger charge is -2.18. The van der Waals surface area contributed by atoms with E-state index in [4.69, 9.17) is 18.9 Å². The molecule has 0 saturated heterocycles. The summed E-state index contributed by atoms with van der Waals surface area (Å²) in [7, 11) is 4.04. The lowest BCUT2D eigenvalue weighted by Crippen LogP contribution is -2.25. The molecule has 0 heterocycles. The molecule has 0 radical (unpaired) electrons. The van der Waals surface area contributed by atoms with Gasteiger partial charge in [0.25, 0.3) is 0 Å². The van der Waals surface area contributed by atoms with Gasteiger partial charge in [0.2, 0.25) is 0 Å². The minimum absolute atomic E-state index is 0.0235. The third kappa shape index (κ3) is 41.4. The molecule has 0 aliphatic carbocycles. The lowest BCUT2D eigenvalue weighted by atomic mass is 10.0. The Labute approximate surface area is 329 Å². The largest absolute Gasteiger partial charge is 0.508 e. The van der Waals surface area contributed by atoms with Crippen molar-refractivity contribution in [1.82, 2.24) is 4.90 Å². The first-order chi connectivity index (χ1) is 25.9. The van der Waals surface area contributed by atoms with E-state index in [0.717, 1.165) is 64.3 Å². The first-order valence-electron chi connectivity index (χ1n) is 22.8. The molecule has 314 valence electrons. The quantitative estimate of drug-likeness (QED) is 0.0350. The highest BCUT2D eigenvalue weighted by atomic mass is 16.7. The molecule has 0 aliphatic rings. The highest BCUT2D eigenvalue weighted by Crippen LogP contribution is 2.17. The van der Waals surface area contributed by atoms with Crippen LogP contribution in [0.3, 0.4) is 0 Å². The van der Waals surface area contributed by atoms with E-state index < -0.39 is 6.16 Å². The average Bonchev–Trinajstić information content (AvgIpc) is 3.13. The molecule has 0 aromatic heterocycles. The number of ether oxygens (including phenoxy) is 4. The fourth-order valence-corrected chi connectivity index (χ4v) is 6.82. The molecule has 0 fully saturated rings. The van der Waals surface area contributed by atoms with Gasteiger partial charge in [-0.25, -0.2) is 4.79 Å². The molecule has 2 unspecified atom stereocenters. The minimum Gasteiger partial charge on any atom is -0.462 e. The molecule has 7 heteroatoms. The van der Waals surface area contributed by atoms with Gasteiger partial charge in [0, 0.05) is 26.5 Å². The molecular formula is C46H89NO6. The Hall–Kier alpha value is -1.60. The van der Waals surface area contributed by atoms with Gasteiger partial charge >= 0.3 is 12.1 Å². The summed E-state index contributed by atoms with van der Waals surface area (Å²) < 4.78 is 22.6. The van der Waals surface area contributed by atoms with E-state index in [1.807, 2.05) is 14.1 Å². The molecular weight excluding hydrogens is 663 g/mol. The maximum absolute atomic E-state index is 12.4. The summed E-state index contributed by atoms with van der Waals surface area (Å²) >= 11 is 0. The van der Waals surface area contributed by atoms with Gasteiger partial charge in [-0.15, -0.1) is 0 Å². The maximum atomic E-state index is 12.4. The highest BCUT2D eigenvalue weighted by Gasteiger charge is 2.16. The van der Waals surface area contributed by atoms with E-state index >= 15 is 0 Å². The first-order valence-corrected chi connectivity index (χ1v) is 22.8. The third-order valence-corrected chi connectivity index (χ3v) is 10.1. The summed E-state index contributed by atoms with van der Waals surface area (Å²) in [5, 5.41) is 0. The molecule has 0 aromatic rings. The van der Waals surface area contributed by atoms with Crippen LogP contribution in [0, 0.1) is 0 Å². The predicted molar refractivity (Wildman–Crippen MR) is 225 cm³/mol. The Morgan fingerprint density at radius 1 is 0.528 bits per heavy atom. The van der Waals surface area contributed by atoms with Crippen molar-refractivity contribution >= 4 is 12.1 Å². The normalized spacial score (nSPS) is 12.8. The van der Waals surface area contributed by atoms with Crippen molar-refractivity contribution in [3.63, 3.8) is 0 Å². The van der Waals surface area contributed by atoms with Crippen LogP contribution in [-0.2, 0) is 23.7 Å². The Kier molecular flexibility index (Phi) is 40.3.